The lowest BCUT2D eigenvalue weighted by Gasteiger charge is -2.11. The van der Waals surface area contributed by atoms with E-state index in [1.54, 1.807) is 35.8 Å². The molecule has 2 aromatic carbocycles. The summed E-state index contributed by atoms with van der Waals surface area (Å²) in [5.41, 5.74) is 3.54. The number of allylic oxidation sites excluding steroid dienone is 2. The fraction of sp³-hybridized carbons (Fsp3) is 0.0455. The normalized spacial score (nSPS) is 12.2. The lowest BCUT2D eigenvalue weighted by Crippen LogP contribution is -2.20. The number of nitrogens with one attached hydrogen (secondary N) is 1. The van der Waals surface area contributed by atoms with Gasteiger partial charge in [0.1, 0.15) is 0 Å². The Bertz CT molecular complexity index is 1160. The van der Waals surface area contributed by atoms with Gasteiger partial charge >= 0.3 is 0 Å². The number of likely N-dealkylation sites (N-methyl/N-ethyl adjacent to an activating group) is 1. The quantitative estimate of drug-likeness (QED) is 0.346. The second kappa shape index (κ2) is 6.90. The Morgan fingerprint density at radius 3 is 2.04 bits per heavy atom. The molecule has 0 saturated heterocycles. The molecule has 0 bridgehead atoms. The van der Waals surface area contributed by atoms with E-state index >= 15 is 0 Å². The summed E-state index contributed by atoms with van der Waals surface area (Å²) in [6, 6.07) is 16.4. The topological polar surface area (TPSA) is 29.1 Å². The molecule has 2 aromatic heterocycles. The Morgan fingerprint density at radius 1 is 0.923 bits per heavy atom. The van der Waals surface area contributed by atoms with Gasteiger partial charge in [-0.3, -0.25) is 4.79 Å². The molecule has 0 atom stereocenters. The monoisotopic (exact) mass is 375 g/mol. The summed E-state index contributed by atoms with van der Waals surface area (Å²) < 4.78 is 2.37. The van der Waals surface area contributed by atoms with Crippen molar-refractivity contribution in [2.75, 3.05) is 7.05 Å². The highest BCUT2D eigenvalue weighted by Gasteiger charge is 2.21. The van der Waals surface area contributed by atoms with Crippen LogP contribution in [0.3, 0.4) is 0 Å². The van der Waals surface area contributed by atoms with Crippen molar-refractivity contribution in [2.45, 2.75) is 0 Å². The molecule has 0 unspecified atom stereocenters. The molecule has 0 spiro atoms. The molecule has 2 heterocycles. The Labute approximate surface area is 160 Å². The molecular weight excluding hydrogens is 358 g/mol. The molecule has 0 aliphatic carbocycles. The van der Waals surface area contributed by atoms with Gasteiger partial charge in [0.15, 0.2) is 0 Å². The van der Waals surface area contributed by atoms with Crippen LogP contribution in [-0.2, 0) is 4.79 Å². The van der Waals surface area contributed by atoms with Gasteiger partial charge in [0, 0.05) is 43.7 Å². The molecule has 4 rings (SSSR count). The summed E-state index contributed by atoms with van der Waals surface area (Å²) in [5.74, 6) is -0.0984. The van der Waals surface area contributed by atoms with Crippen molar-refractivity contribution in [3.05, 3.63) is 83.1 Å². The number of carbonyl (C=O) groups excluding carboxylic acids is 1. The second-order valence-corrected chi connectivity index (χ2v) is 7.69. The van der Waals surface area contributed by atoms with Crippen LogP contribution in [0.2, 0.25) is 0 Å². The fourth-order valence-electron chi connectivity index (χ4n) is 3.22. The highest BCUT2D eigenvalue weighted by molar-refractivity contribution is 7.18. The summed E-state index contributed by atoms with van der Waals surface area (Å²) in [6.45, 7) is 4.02. The van der Waals surface area contributed by atoms with E-state index in [2.05, 4.69) is 46.9 Å². The van der Waals surface area contributed by atoms with Crippen molar-refractivity contribution >= 4 is 59.9 Å². The van der Waals surface area contributed by atoms with Crippen LogP contribution in [0.1, 0.15) is 11.1 Å². The maximum Gasteiger partial charge on any atom is 0.252 e. The van der Waals surface area contributed by atoms with Crippen molar-refractivity contribution in [3.8, 4) is 0 Å². The Kier molecular flexibility index (Phi) is 4.45. The molecule has 0 fully saturated rings. The molecule has 0 aliphatic rings. The predicted octanol–water partition coefficient (Wildman–Crippen LogP) is 5.96. The van der Waals surface area contributed by atoms with E-state index in [9.17, 15) is 4.79 Å². The first-order valence-corrected chi connectivity index (χ1v) is 10.0. The summed E-state index contributed by atoms with van der Waals surface area (Å²) in [5, 5.41) is 9.22. The van der Waals surface area contributed by atoms with Crippen LogP contribution in [0.5, 0.6) is 0 Å². The Hall–Kier alpha value is -2.69. The van der Waals surface area contributed by atoms with Crippen LogP contribution in [0, 0.1) is 0 Å². The number of carbonyl (C=O) groups is 1. The molecule has 128 valence electrons. The van der Waals surface area contributed by atoms with Gasteiger partial charge < -0.3 is 5.32 Å². The zero-order valence-corrected chi connectivity index (χ0v) is 15.9. The lowest BCUT2D eigenvalue weighted by molar-refractivity contribution is -0.115. The van der Waals surface area contributed by atoms with E-state index in [-0.39, 0.29) is 5.91 Å². The van der Waals surface area contributed by atoms with Gasteiger partial charge in [-0.15, -0.1) is 22.7 Å². The van der Waals surface area contributed by atoms with E-state index in [1.807, 2.05) is 24.3 Å². The van der Waals surface area contributed by atoms with Crippen LogP contribution in [-0.4, -0.2) is 13.0 Å². The first kappa shape index (κ1) is 16.8. The molecule has 2 nitrogen and oxygen atoms in total. The fourth-order valence-corrected chi connectivity index (χ4v) is 5.13. The van der Waals surface area contributed by atoms with Crippen LogP contribution in [0.4, 0.5) is 0 Å². The molecule has 0 saturated carbocycles. The van der Waals surface area contributed by atoms with Gasteiger partial charge in [-0.05, 0) is 23.1 Å². The highest BCUT2D eigenvalue weighted by Crippen LogP contribution is 2.39. The zero-order valence-electron chi connectivity index (χ0n) is 14.3. The van der Waals surface area contributed by atoms with Gasteiger partial charge in [-0.1, -0.05) is 49.1 Å². The van der Waals surface area contributed by atoms with Crippen molar-refractivity contribution in [1.29, 1.82) is 0 Å². The van der Waals surface area contributed by atoms with Gasteiger partial charge in [0.25, 0.3) is 5.91 Å². The maximum absolute atomic E-state index is 12.9. The highest BCUT2D eigenvalue weighted by atomic mass is 32.1. The maximum atomic E-state index is 12.9. The Morgan fingerprint density at radius 2 is 1.46 bits per heavy atom. The number of fused-ring (bicyclic) bond motifs is 2. The average molecular weight is 376 g/mol. The number of benzene rings is 2. The van der Waals surface area contributed by atoms with Crippen molar-refractivity contribution in [1.82, 2.24) is 5.32 Å². The van der Waals surface area contributed by atoms with Crippen molar-refractivity contribution in [3.63, 3.8) is 0 Å². The average Bonchev–Trinajstić information content (AvgIpc) is 3.30. The van der Waals surface area contributed by atoms with Crippen molar-refractivity contribution in [2.24, 2.45) is 0 Å². The SMILES string of the molecule is C=C/C(=C(\C(=O)NC)c1csc2ccccc12)c1csc2ccccc12. The lowest BCUT2D eigenvalue weighted by atomic mass is 9.93. The van der Waals surface area contributed by atoms with Crippen LogP contribution in [0.25, 0.3) is 31.3 Å². The molecule has 0 radical (unpaired) electrons. The molecule has 0 aliphatic heterocycles. The molecular formula is C22H17NOS2. The van der Waals surface area contributed by atoms with E-state index in [4.69, 9.17) is 0 Å². The number of hydrogen-bond donors (Lipinski definition) is 1. The zero-order chi connectivity index (χ0) is 18.1. The molecule has 4 heteroatoms. The van der Waals surface area contributed by atoms with Gasteiger partial charge in [0.05, 0.1) is 5.57 Å². The van der Waals surface area contributed by atoms with Gasteiger partial charge in [-0.2, -0.15) is 0 Å². The summed E-state index contributed by atoms with van der Waals surface area (Å²) in [4.78, 5) is 12.9. The summed E-state index contributed by atoms with van der Waals surface area (Å²) in [7, 11) is 1.67. The number of rotatable bonds is 4. The first-order chi connectivity index (χ1) is 12.7. The third kappa shape index (κ3) is 2.68. The number of hydrogen-bond acceptors (Lipinski definition) is 3. The third-order valence-corrected chi connectivity index (χ3v) is 6.38. The minimum absolute atomic E-state index is 0.0984. The number of thiophene rings is 2. The van der Waals surface area contributed by atoms with E-state index in [0.717, 1.165) is 27.5 Å². The molecule has 1 amide bonds. The minimum Gasteiger partial charge on any atom is -0.355 e. The van der Waals surface area contributed by atoms with E-state index in [1.165, 1.54) is 9.40 Å². The summed E-state index contributed by atoms with van der Waals surface area (Å²) >= 11 is 3.34. The van der Waals surface area contributed by atoms with Crippen molar-refractivity contribution < 1.29 is 4.79 Å². The van der Waals surface area contributed by atoms with Gasteiger partial charge in [-0.25, -0.2) is 0 Å². The standard InChI is InChI=1S/C22H17NOS2/c1-3-14(17-12-25-19-10-6-4-8-15(17)19)21(22(24)23-2)18-13-26-20-11-7-5-9-16(18)20/h3-13H,1H2,2H3,(H,23,24)/b21-14+. The summed E-state index contributed by atoms with van der Waals surface area (Å²) in [6.07, 6.45) is 1.80. The molecule has 4 aromatic rings. The van der Waals surface area contributed by atoms with Crippen LogP contribution < -0.4 is 5.32 Å². The first-order valence-electron chi connectivity index (χ1n) is 8.26. The number of amides is 1. The van der Waals surface area contributed by atoms with Crippen LogP contribution >= 0.6 is 22.7 Å². The predicted molar refractivity (Wildman–Crippen MR) is 115 cm³/mol. The van der Waals surface area contributed by atoms with Crippen LogP contribution in [0.15, 0.2) is 71.9 Å². The molecule has 1 N–H and O–H groups in total. The Balaban J connectivity index is 2.06. The second-order valence-electron chi connectivity index (χ2n) is 5.86. The largest absolute Gasteiger partial charge is 0.355 e. The smallest absolute Gasteiger partial charge is 0.252 e. The molecule has 26 heavy (non-hydrogen) atoms. The van der Waals surface area contributed by atoms with E-state index in [0.29, 0.717) is 5.57 Å². The minimum atomic E-state index is -0.0984. The van der Waals surface area contributed by atoms with Gasteiger partial charge in [0.2, 0.25) is 0 Å². The third-order valence-electron chi connectivity index (χ3n) is 4.45. The van der Waals surface area contributed by atoms with E-state index < -0.39 is 0 Å².